The fraction of sp³-hybridized carbons (Fsp3) is 0.133. The molecule has 0 radical (unpaired) electrons. The number of aryl methyl sites for hydroxylation is 1. The van der Waals surface area contributed by atoms with E-state index in [2.05, 4.69) is 21.1 Å². The molecule has 6 heteroatoms. The smallest absolute Gasteiger partial charge is 0.142 e. The van der Waals surface area contributed by atoms with Crippen LogP contribution in [-0.2, 0) is 6.54 Å². The van der Waals surface area contributed by atoms with Crippen LogP contribution in [0.15, 0.2) is 36.8 Å². The molecule has 0 aliphatic carbocycles. The van der Waals surface area contributed by atoms with Gasteiger partial charge in [-0.1, -0.05) is 0 Å². The second kappa shape index (κ2) is 5.13. The van der Waals surface area contributed by atoms with E-state index >= 15 is 0 Å². The summed E-state index contributed by atoms with van der Waals surface area (Å²) in [7, 11) is 0. The van der Waals surface area contributed by atoms with Gasteiger partial charge in [0.2, 0.25) is 0 Å². The van der Waals surface area contributed by atoms with Crippen LogP contribution in [-0.4, -0.2) is 19.7 Å². The first-order valence-electron chi connectivity index (χ1n) is 6.60. The molecule has 3 aromatic rings. The Morgan fingerprint density at radius 2 is 2.33 bits per heavy atom. The minimum absolute atomic E-state index is 0.226. The number of nitrogens with two attached hydrogens (primary N) is 1. The zero-order valence-electron chi connectivity index (χ0n) is 11.5. The van der Waals surface area contributed by atoms with Gasteiger partial charge in [-0.05, 0) is 25.1 Å². The Hall–Kier alpha value is -3.07. The maximum absolute atomic E-state index is 9.34. The molecule has 0 spiro atoms. The molecule has 6 nitrogen and oxygen atoms in total. The van der Waals surface area contributed by atoms with Crippen LogP contribution in [0, 0.1) is 11.3 Å². The standard InChI is InChI=1S/C15H14N6/c1-2-21-9-10(8-19-21)11-6-14(13-4-3-5-18-13)20-15(17)12(11)7-16/h3-6,8-9,18H,2H2,1H3,(H2,17,20). The monoisotopic (exact) mass is 278 g/mol. The van der Waals surface area contributed by atoms with Crippen LogP contribution in [0.5, 0.6) is 0 Å². The zero-order valence-corrected chi connectivity index (χ0v) is 11.5. The van der Waals surface area contributed by atoms with E-state index in [1.54, 1.807) is 10.9 Å². The van der Waals surface area contributed by atoms with Crippen molar-refractivity contribution < 1.29 is 0 Å². The molecule has 0 aliphatic rings. The predicted molar refractivity (Wildman–Crippen MR) is 80.0 cm³/mol. The van der Waals surface area contributed by atoms with Gasteiger partial charge in [0.1, 0.15) is 17.5 Å². The van der Waals surface area contributed by atoms with Gasteiger partial charge in [0, 0.05) is 30.1 Å². The Balaban J connectivity index is 2.20. The Bertz CT molecular complexity index is 807. The highest BCUT2D eigenvalue weighted by Crippen LogP contribution is 2.30. The number of pyridine rings is 1. The van der Waals surface area contributed by atoms with Crippen molar-refractivity contribution in [3.05, 3.63) is 42.4 Å². The number of hydrogen-bond acceptors (Lipinski definition) is 4. The van der Waals surface area contributed by atoms with E-state index in [9.17, 15) is 5.26 Å². The summed E-state index contributed by atoms with van der Waals surface area (Å²) >= 11 is 0. The number of nitrogens with zero attached hydrogens (tertiary/aromatic N) is 4. The summed E-state index contributed by atoms with van der Waals surface area (Å²) in [6.45, 7) is 2.78. The number of nitrogen functional groups attached to an aromatic ring is 1. The molecule has 0 atom stereocenters. The third kappa shape index (κ3) is 2.25. The van der Waals surface area contributed by atoms with Crippen LogP contribution in [0.1, 0.15) is 12.5 Å². The molecule has 104 valence electrons. The van der Waals surface area contributed by atoms with E-state index < -0.39 is 0 Å². The Morgan fingerprint density at radius 3 is 2.95 bits per heavy atom. The highest BCUT2D eigenvalue weighted by Gasteiger charge is 2.14. The summed E-state index contributed by atoms with van der Waals surface area (Å²) in [4.78, 5) is 7.39. The van der Waals surface area contributed by atoms with Crippen molar-refractivity contribution in [1.82, 2.24) is 19.7 Å². The van der Waals surface area contributed by atoms with Crippen molar-refractivity contribution in [1.29, 1.82) is 5.26 Å². The average Bonchev–Trinajstić information content (AvgIpc) is 3.17. The number of aromatic nitrogens is 4. The van der Waals surface area contributed by atoms with Crippen LogP contribution in [0.2, 0.25) is 0 Å². The summed E-state index contributed by atoms with van der Waals surface area (Å²) in [6, 6.07) is 7.79. The van der Waals surface area contributed by atoms with E-state index in [-0.39, 0.29) is 5.82 Å². The molecule has 0 bridgehead atoms. The maximum Gasteiger partial charge on any atom is 0.142 e. The lowest BCUT2D eigenvalue weighted by Gasteiger charge is -2.07. The first kappa shape index (κ1) is 12.9. The van der Waals surface area contributed by atoms with Gasteiger partial charge >= 0.3 is 0 Å². The van der Waals surface area contributed by atoms with Crippen LogP contribution < -0.4 is 5.73 Å². The van der Waals surface area contributed by atoms with Gasteiger partial charge in [-0.2, -0.15) is 10.4 Å². The van der Waals surface area contributed by atoms with E-state index in [0.29, 0.717) is 11.3 Å². The first-order chi connectivity index (χ1) is 10.2. The Labute approximate surface area is 121 Å². The van der Waals surface area contributed by atoms with Gasteiger partial charge in [-0.3, -0.25) is 4.68 Å². The molecular formula is C15H14N6. The number of nitriles is 1. The van der Waals surface area contributed by atoms with Crippen molar-refractivity contribution in [2.24, 2.45) is 0 Å². The Morgan fingerprint density at radius 1 is 1.48 bits per heavy atom. The molecule has 0 aliphatic heterocycles. The number of rotatable bonds is 3. The van der Waals surface area contributed by atoms with Crippen LogP contribution in [0.4, 0.5) is 5.82 Å². The third-order valence-corrected chi connectivity index (χ3v) is 3.30. The van der Waals surface area contributed by atoms with E-state index in [1.807, 2.05) is 37.5 Å². The maximum atomic E-state index is 9.34. The fourth-order valence-corrected chi connectivity index (χ4v) is 2.21. The summed E-state index contributed by atoms with van der Waals surface area (Å²) in [5.41, 5.74) is 9.48. The molecule has 21 heavy (non-hydrogen) atoms. The molecule has 3 N–H and O–H groups in total. The molecule has 3 heterocycles. The molecule has 0 aromatic carbocycles. The fourth-order valence-electron chi connectivity index (χ4n) is 2.21. The van der Waals surface area contributed by atoms with E-state index in [1.165, 1.54) is 0 Å². The summed E-state index contributed by atoms with van der Waals surface area (Å²) in [5, 5.41) is 13.6. The highest BCUT2D eigenvalue weighted by molar-refractivity contribution is 5.78. The van der Waals surface area contributed by atoms with Crippen LogP contribution in [0.3, 0.4) is 0 Å². The quantitative estimate of drug-likeness (QED) is 0.768. The van der Waals surface area contributed by atoms with Gasteiger partial charge in [0.25, 0.3) is 0 Å². The van der Waals surface area contributed by atoms with Crippen molar-refractivity contribution in [3.8, 4) is 28.6 Å². The molecule has 3 rings (SSSR count). The van der Waals surface area contributed by atoms with Crippen molar-refractivity contribution in [2.45, 2.75) is 13.5 Å². The highest BCUT2D eigenvalue weighted by atomic mass is 15.3. The van der Waals surface area contributed by atoms with Crippen LogP contribution in [0.25, 0.3) is 22.5 Å². The van der Waals surface area contributed by atoms with Gasteiger partial charge in [-0.15, -0.1) is 0 Å². The molecule has 0 fully saturated rings. The molecule has 0 amide bonds. The van der Waals surface area contributed by atoms with Crippen molar-refractivity contribution in [2.75, 3.05) is 5.73 Å². The topological polar surface area (TPSA) is 96.3 Å². The zero-order chi connectivity index (χ0) is 14.8. The van der Waals surface area contributed by atoms with Crippen molar-refractivity contribution >= 4 is 5.82 Å². The Kier molecular flexibility index (Phi) is 3.16. The summed E-state index contributed by atoms with van der Waals surface area (Å²) < 4.78 is 1.81. The first-order valence-corrected chi connectivity index (χ1v) is 6.60. The number of H-pyrrole nitrogens is 1. The normalized spacial score (nSPS) is 10.5. The SMILES string of the molecule is CCn1cc(-c2cc(-c3ccc[nH]3)nc(N)c2C#N)cn1. The summed E-state index contributed by atoms with van der Waals surface area (Å²) in [5.74, 6) is 0.226. The predicted octanol–water partition coefficient (Wildman–Crippen LogP) is 2.41. The van der Waals surface area contributed by atoms with Gasteiger partial charge < -0.3 is 10.7 Å². The molecular weight excluding hydrogens is 264 g/mol. The number of anilines is 1. The largest absolute Gasteiger partial charge is 0.383 e. The van der Waals surface area contributed by atoms with E-state index in [0.717, 1.165) is 23.4 Å². The third-order valence-electron chi connectivity index (χ3n) is 3.30. The number of nitrogens with one attached hydrogen (secondary N) is 1. The number of aromatic amines is 1. The molecule has 3 aromatic heterocycles. The van der Waals surface area contributed by atoms with Gasteiger partial charge in [-0.25, -0.2) is 4.98 Å². The van der Waals surface area contributed by atoms with Gasteiger partial charge in [0.05, 0.1) is 17.6 Å². The van der Waals surface area contributed by atoms with Crippen LogP contribution >= 0.6 is 0 Å². The minimum atomic E-state index is 0.226. The second-order valence-electron chi connectivity index (χ2n) is 4.60. The lowest BCUT2D eigenvalue weighted by Crippen LogP contribution is -1.99. The minimum Gasteiger partial charge on any atom is -0.383 e. The summed E-state index contributed by atoms with van der Waals surface area (Å²) in [6.07, 6.45) is 5.45. The lowest BCUT2D eigenvalue weighted by atomic mass is 10.0. The number of hydrogen-bond donors (Lipinski definition) is 2. The second-order valence-corrected chi connectivity index (χ2v) is 4.60. The van der Waals surface area contributed by atoms with Crippen molar-refractivity contribution in [3.63, 3.8) is 0 Å². The van der Waals surface area contributed by atoms with Gasteiger partial charge in [0.15, 0.2) is 0 Å². The molecule has 0 saturated carbocycles. The lowest BCUT2D eigenvalue weighted by molar-refractivity contribution is 0.660. The van der Waals surface area contributed by atoms with E-state index in [4.69, 9.17) is 5.73 Å². The molecule has 0 saturated heterocycles. The molecule has 0 unspecified atom stereocenters. The average molecular weight is 278 g/mol.